The maximum Gasteiger partial charge on any atom is 0.221 e. The molecule has 0 fully saturated rings. The number of unbranched alkanes of at least 4 members (excludes halogenated alkanes) is 15. The molecular weight excluding hydrogens is 485 g/mol. The number of aromatic nitrogens is 2. The highest BCUT2D eigenvalue weighted by molar-refractivity contribution is 14.1. The zero-order chi connectivity index (χ0) is 21.9. The summed E-state index contributed by atoms with van der Waals surface area (Å²) in [4.78, 5) is 11.9. The van der Waals surface area contributed by atoms with Gasteiger partial charge in [0, 0.05) is 25.2 Å². The van der Waals surface area contributed by atoms with Crippen molar-refractivity contribution in [3.63, 3.8) is 0 Å². The van der Waals surface area contributed by atoms with Crippen molar-refractivity contribution < 1.29 is 4.79 Å². The molecule has 4 nitrogen and oxygen atoms in total. The molecule has 0 atom stereocenters. The molecule has 0 saturated carbocycles. The van der Waals surface area contributed by atoms with Crippen LogP contribution in [0.5, 0.6) is 0 Å². The molecule has 0 aliphatic rings. The molecule has 1 N–H and O–H groups in total. The quantitative estimate of drug-likeness (QED) is 0.139. The van der Waals surface area contributed by atoms with E-state index in [1.807, 2.05) is 17.8 Å². The number of carbonyl (C=O) groups excluding carboxylic acids is 1. The van der Waals surface area contributed by atoms with Crippen molar-refractivity contribution in [2.24, 2.45) is 0 Å². The topological polar surface area (TPSA) is 46.9 Å². The number of amides is 1. The minimum Gasteiger partial charge on any atom is -0.356 e. The molecule has 30 heavy (non-hydrogen) atoms. The van der Waals surface area contributed by atoms with Crippen molar-refractivity contribution in [1.82, 2.24) is 15.1 Å². The first-order chi connectivity index (χ1) is 14.6. The van der Waals surface area contributed by atoms with E-state index in [0.717, 1.165) is 22.2 Å². The summed E-state index contributed by atoms with van der Waals surface area (Å²) in [6.07, 6.45) is 24.4. The highest BCUT2D eigenvalue weighted by atomic mass is 127. The Labute approximate surface area is 199 Å². The van der Waals surface area contributed by atoms with E-state index in [1.165, 1.54) is 96.3 Å². The van der Waals surface area contributed by atoms with E-state index >= 15 is 0 Å². The lowest BCUT2D eigenvalue weighted by Gasteiger charge is -2.07. The van der Waals surface area contributed by atoms with Crippen molar-refractivity contribution in [2.45, 2.75) is 130 Å². The SMILES string of the molecule is CCCCCCCCCCCCCCCCCCNC(=O)CCn1ncc(I)c1C. The van der Waals surface area contributed by atoms with Crippen LogP contribution in [0.2, 0.25) is 0 Å². The third-order valence-electron chi connectivity index (χ3n) is 5.95. The van der Waals surface area contributed by atoms with Crippen LogP contribution in [0.25, 0.3) is 0 Å². The second-order valence-electron chi connectivity index (χ2n) is 8.70. The predicted molar refractivity (Wildman–Crippen MR) is 137 cm³/mol. The summed E-state index contributed by atoms with van der Waals surface area (Å²) in [6.45, 7) is 5.81. The smallest absolute Gasteiger partial charge is 0.221 e. The summed E-state index contributed by atoms with van der Waals surface area (Å²) in [6, 6.07) is 0. The molecule has 0 aliphatic heterocycles. The zero-order valence-electron chi connectivity index (χ0n) is 19.7. The third-order valence-corrected chi connectivity index (χ3v) is 7.01. The molecule has 1 amide bonds. The number of halogens is 1. The molecule has 0 aromatic carbocycles. The van der Waals surface area contributed by atoms with Crippen LogP contribution in [-0.2, 0) is 11.3 Å². The largest absolute Gasteiger partial charge is 0.356 e. The first kappa shape index (κ1) is 27.4. The number of hydrogen-bond acceptors (Lipinski definition) is 2. The maximum atomic E-state index is 11.9. The summed E-state index contributed by atoms with van der Waals surface area (Å²) in [5.74, 6) is 0.140. The molecule has 1 aromatic heterocycles. The number of hydrogen-bond donors (Lipinski definition) is 1. The first-order valence-corrected chi connectivity index (χ1v) is 13.7. The summed E-state index contributed by atoms with van der Waals surface area (Å²) < 4.78 is 3.07. The monoisotopic (exact) mass is 531 g/mol. The second kappa shape index (κ2) is 19.1. The van der Waals surface area contributed by atoms with Gasteiger partial charge in [0.25, 0.3) is 0 Å². The number of carbonyl (C=O) groups is 1. The minimum atomic E-state index is 0.140. The minimum absolute atomic E-state index is 0.140. The van der Waals surface area contributed by atoms with Gasteiger partial charge in [0.1, 0.15) is 0 Å². The zero-order valence-corrected chi connectivity index (χ0v) is 21.9. The van der Waals surface area contributed by atoms with Crippen molar-refractivity contribution in [1.29, 1.82) is 0 Å². The molecule has 1 rings (SSSR count). The highest BCUT2D eigenvalue weighted by Crippen LogP contribution is 2.14. The second-order valence-corrected chi connectivity index (χ2v) is 9.87. The molecule has 5 heteroatoms. The number of aryl methyl sites for hydroxylation is 1. The average Bonchev–Trinajstić information content (AvgIpc) is 3.06. The fourth-order valence-electron chi connectivity index (χ4n) is 3.85. The lowest BCUT2D eigenvalue weighted by Crippen LogP contribution is -2.25. The Morgan fingerprint density at radius 1 is 0.867 bits per heavy atom. The van der Waals surface area contributed by atoms with E-state index in [9.17, 15) is 4.79 Å². The summed E-state index contributed by atoms with van der Waals surface area (Å²) in [7, 11) is 0. The number of nitrogens with one attached hydrogen (secondary N) is 1. The maximum absolute atomic E-state index is 11.9. The molecule has 1 heterocycles. The van der Waals surface area contributed by atoms with Gasteiger partial charge in [-0.15, -0.1) is 0 Å². The van der Waals surface area contributed by atoms with Crippen molar-refractivity contribution in [2.75, 3.05) is 6.54 Å². The Kier molecular flexibility index (Phi) is 17.5. The van der Waals surface area contributed by atoms with Gasteiger partial charge in [0.2, 0.25) is 5.91 Å². The molecule has 0 saturated heterocycles. The Morgan fingerprint density at radius 2 is 1.33 bits per heavy atom. The van der Waals surface area contributed by atoms with E-state index in [1.54, 1.807) is 0 Å². The lowest BCUT2D eigenvalue weighted by atomic mass is 10.0. The van der Waals surface area contributed by atoms with Crippen molar-refractivity contribution in [3.05, 3.63) is 15.5 Å². The predicted octanol–water partition coefficient (Wildman–Crippen LogP) is 7.56. The van der Waals surface area contributed by atoms with Gasteiger partial charge >= 0.3 is 0 Å². The fraction of sp³-hybridized carbons (Fsp3) is 0.840. The number of nitrogens with zero attached hydrogens (tertiary/aromatic N) is 2. The average molecular weight is 532 g/mol. The molecule has 1 aromatic rings. The van der Waals surface area contributed by atoms with Crippen LogP contribution in [0.4, 0.5) is 0 Å². The summed E-state index contributed by atoms with van der Waals surface area (Å²) in [5, 5.41) is 7.35. The molecule has 174 valence electrons. The molecule has 0 aliphatic carbocycles. The van der Waals surface area contributed by atoms with Gasteiger partial charge in [-0.1, -0.05) is 103 Å². The van der Waals surface area contributed by atoms with Gasteiger partial charge < -0.3 is 5.32 Å². The van der Waals surface area contributed by atoms with Crippen LogP contribution in [0.1, 0.15) is 122 Å². The van der Waals surface area contributed by atoms with Crippen LogP contribution in [0.3, 0.4) is 0 Å². The molecule has 0 unspecified atom stereocenters. The van der Waals surface area contributed by atoms with Crippen LogP contribution in [0.15, 0.2) is 6.20 Å². The van der Waals surface area contributed by atoms with Gasteiger partial charge in [-0.2, -0.15) is 5.10 Å². The molecule has 0 spiro atoms. The Morgan fingerprint density at radius 3 is 1.77 bits per heavy atom. The van der Waals surface area contributed by atoms with Crippen LogP contribution in [0, 0.1) is 10.5 Å². The molecular formula is C25H46IN3O. The van der Waals surface area contributed by atoms with Crippen LogP contribution in [-0.4, -0.2) is 22.2 Å². The van der Waals surface area contributed by atoms with E-state index in [0.29, 0.717) is 13.0 Å². The standard InChI is InChI=1S/C25H46IN3O/c1-3-4-5-6-7-8-9-10-11-12-13-14-15-16-17-18-20-27-25(30)19-21-29-23(2)24(26)22-28-29/h22H,3-21H2,1-2H3,(H,27,30). The van der Waals surface area contributed by atoms with Gasteiger partial charge in [0.15, 0.2) is 0 Å². The van der Waals surface area contributed by atoms with Crippen LogP contribution >= 0.6 is 22.6 Å². The van der Waals surface area contributed by atoms with Gasteiger partial charge in [-0.25, -0.2) is 0 Å². The van der Waals surface area contributed by atoms with Gasteiger partial charge in [-0.3, -0.25) is 9.48 Å². The van der Waals surface area contributed by atoms with Gasteiger partial charge in [-0.05, 0) is 35.9 Å². The van der Waals surface area contributed by atoms with Crippen molar-refractivity contribution >= 4 is 28.5 Å². The molecule has 0 bridgehead atoms. The Balaban J connectivity index is 1.78. The van der Waals surface area contributed by atoms with Crippen LogP contribution < -0.4 is 5.32 Å². The molecule has 0 radical (unpaired) electrons. The highest BCUT2D eigenvalue weighted by Gasteiger charge is 2.06. The number of rotatable bonds is 20. The van der Waals surface area contributed by atoms with E-state index in [4.69, 9.17) is 0 Å². The fourth-order valence-corrected chi connectivity index (χ4v) is 4.25. The summed E-state index contributed by atoms with van der Waals surface area (Å²) in [5.41, 5.74) is 1.14. The Hall–Kier alpha value is -0.590. The van der Waals surface area contributed by atoms with E-state index in [-0.39, 0.29) is 5.91 Å². The van der Waals surface area contributed by atoms with Gasteiger partial charge in [0.05, 0.1) is 9.77 Å². The van der Waals surface area contributed by atoms with Crippen molar-refractivity contribution in [3.8, 4) is 0 Å². The van der Waals surface area contributed by atoms with E-state index in [2.05, 4.69) is 39.9 Å². The lowest BCUT2D eigenvalue weighted by molar-refractivity contribution is -0.121. The normalized spacial score (nSPS) is 11.2. The Bertz CT molecular complexity index is 544. The third kappa shape index (κ3) is 14.4. The van der Waals surface area contributed by atoms with E-state index < -0.39 is 0 Å². The summed E-state index contributed by atoms with van der Waals surface area (Å²) >= 11 is 2.27. The first-order valence-electron chi connectivity index (χ1n) is 12.6.